The van der Waals surface area contributed by atoms with Gasteiger partial charge in [0.15, 0.2) is 0 Å². The van der Waals surface area contributed by atoms with Crippen LogP contribution in [0.5, 0.6) is 0 Å². The first-order valence-corrected chi connectivity index (χ1v) is 6.80. The summed E-state index contributed by atoms with van der Waals surface area (Å²) in [6, 6.07) is 0.177. The van der Waals surface area contributed by atoms with Crippen LogP contribution in [0.2, 0.25) is 0 Å². The first-order valence-electron chi connectivity index (χ1n) is 6.80. The van der Waals surface area contributed by atoms with Gasteiger partial charge in [0, 0.05) is 31.5 Å². The largest absolute Gasteiger partial charge is 0.354 e. The number of hydrogen-bond acceptors (Lipinski definition) is 3. The van der Waals surface area contributed by atoms with Gasteiger partial charge in [0.2, 0.25) is 11.8 Å². The molecule has 0 aromatic rings. The van der Waals surface area contributed by atoms with Gasteiger partial charge in [-0.15, -0.1) is 0 Å². The van der Waals surface area contributed by atoms with Crippen LogP contribution in [0, 0.1) is 11.8 Å². The molecule has 0 aromatic carbocycles. The van der Waals surface area contributed by atoms with Crippen molar-refractivity contribution < 1.29 is 9.59 Å². The molecule has 0 heterocycles. The van der Waals surface area contributed by atoms with E-state index in [1.165, 1.54) is 0 Å². The third kappa shape index (κ3) is 5.04. The maximum atomic E-state index is 11.6. The Kier molecular flexibility index (Phi) is 6.12. The summed E-state index contributed by atoms with van der Waals surface area (Å²) >= 11 is 0. The molecule has 0 bridgehead atoms. The van der Waals surface area contributed by atoms with Gasteiger partial charge in [0.25, 0.3) is 0 Å². The van der Waals surface area contributed by atoms with Crippen molar-refractivity contribution >= 4 is 11.8 Å². The average Bonchev–Trinajstić information content (AvgIpc) is 2.70. The molecule has 0 spiro atoms. The zero-order chi connectivity index (χ0) is 13.5. The van der Waals surface area contributed by atoms with Crippen molar-refractivity contribution in [2.24, 2.45) is 17.6 Å². The van der Waals surface area contributed by atoms with E-state index >= 15 is 0 Å². The molecule has 5 nitrogen and oxygen atoms in total. The molecule has 5 heteroatoms. The molecule has 0 unspecified atom stereocenters. The number of hydrogen-bond donors (Lipinski definition) is 3. The predicted molar refractivity (Wildman–Crippen MR) is 70.8 cm³/mol. The highest BCUT2D eigenvalue weighted by atomic mass is 16.2. The lowest BCUT2D eigenvalue weighted by Gasteiger charge is -2.15. The van der Waals surface area contributed by atoms with Crippen molar-refractivity contribution in [3.05, 3.63) is 0 Å². The molecule has 104 valence electrons. The average molecular weight is 255 g/mol. The maximum Gasteiger partial charge on any atom is 0.222 e. The van der Waals surface area contributed by atoms with E-state index < -0.39 is 0 Å². The summed E-state index contributed by atoms with van der Waals surface area (Å²) in [5.74, 6) is 0.366. The Morgan fingerprint density at radius 3 is 2.44 bits per heavy atom. The molecule has 1 aliphatic rings. The van der Waals surface area contributed by atoms with Gasteiger partial charge in [-0.1, -0.05) is 20.3 Å². The Morgan fingerprint density at radius 2 is 1.89 bits per heavy atom. The van der Waals surface area contributed by atoms with E-state index in [0.29, 0.717) is 25.4 Å². The Hall–Kier alpha value is -1.10. The highest BCUT2D eigenvalue weighted by molar-refractivity contribution is 5.78. The Balaban J connectivity index is 2.08. The van der Waals surface area contributed by atoms with Gasteiger partial charge in [-0.3, -0.25) is 9.59 Å². The third-order valence-electron chi connectivity index (χ3n) is 3.44. The van der Waals surface area contributed by atoms with Gasteiger partial charge in [-0.2, -0.15) is 0 Å². The van der Waals surface area contributed by atoms with Gasteiger partial charge in [0.05, 0.1) is 0 Å². The highest BCUT2D eigenvalue weighted by Crippen LogP contribution is 2.26. The number of carbonyl (C=O) groups excluding carboxylic acids is 2. The van der Waals surface area contributed by atoms with E-state index in [-0.39, 0.29) is 23.8 Å². The number of rotatable bonds is 6. The smallest absolute Gasteiger partial charge is 0.222 e. The normalized spacial score (nSPS) is 23.1. The first kappa shape index (κ1) is 15.0. The number of nitrogens with two attached hydrogens (primary N) is 1. The molecule has 2 amide bonds. The second kappa shape index (κ2) is 7.36. The SMILES string of the molecule is CC(C)C(=O)NCCNC(=O)C[C@@H]1CCC[C@H]1N. The van der Waals surface area contributed by atoms with Gasteiger partial charge in [0.1, 0.15) is 0 Å². The molecular formula is C13H25N3O2. The molecule has 0 aromatic heterocycles. The molecule has 1 saturated carbocycles. The summed E-state index contributed by atoms with van der Waals surface area (Å²) in [7, 11) is 0. The van der Waals surface area contributed by atoms with Crippen LogP contribution in [0.3, 0.4) is 0 Å². The molecule has 1 fully saturated rings. The fourth-order valence-electron chi connectivity index (χ4n) is 2.22. The zero-order valence-corrected chi connectivity index (χ0v) is 11.4. The van der Waals surface area contributed by atoms with Crippen LogP contribution in [-0.2, 0) is 9.59 Å². The summed E-state index contributed by atoms with van der Waals surface area (Å²) in [4.78, 5) is 22.9. The van der Waals surface area contributed by atoms with Gasteiger partial charge >= 0.3 is 0 Å². The van der Waals surface area contributed by atoms with Crippen LogP contribution in [0.15, 0.2) is 0 Å². The van der Waals surface area contributed by atoms with Crippen LogP contribution in [0.4, 0.5) is 0 Å². The highest BCUT2D eigenvalue weighted by Gasteiger charge is 2.25. The van der Waals surface area contributed by atoms with Crippen molar-refractivity contribution in [2.75, 3.05) is 13.1 Å². The summed E-state index contributed by atoms with van der Waals surface area (Å²) in [5.41, 5.74) is 5.92. The summed E-state index contributed by atoms with van der Waals surface area (Å²) in [5, 5.41) is 5.58. The van der Waals surface area contributed by atoms with Gasteiger partial charge in [-0.25, -0.2) is 0 Å². The maximum absolute atomic E-state index is 11.6. The fraction of sp³-hybridized carbons (Fsp3) is 0.846. The van der Waals surface area contributed by atoms with Crippen LogP contribution < -0.4 is 16.4 Å². The van der Waals surface area contributed by atoms with E-state index in [9.17, 15) is 9.59 Å². The quantitative estimate of drug-likeness (QED) is 0.600. The number of carbonyl (C=O) groups is 2. The van der Waals surface area contributed by atoms with Crippen LogP contribution >= 0.6 is 0 Å². The number of nitrogens with one attached hydrogen (secondary N) is 2. The Bertz CT molecular complexity index is 292. The van der Waals surface area contributed by atoms with Gasteiger partial charge in [-0.05, 0) is 18.8 Å². The van der Waals surface area contributed by atoms with E-state index in [2.05, 4.69) is 10.6 Å². The molecule has 0 aliphatic heterocycles. The van der Waals surface area contributed by atoms with E-state index in [0.717, 1.165) is 19.3 Å². The minimum Gasteiger partial charge on any atom is -0.354 e. The minimum absolute atomic E-state index is 0.0158. The Morgan fingerprint density at radius 1 is 1.22 bits per heavy atom. The molecule has 1 rings (SSSR count). The van der Waals surface area contributed by atoms with E-state index in [4.69, 9.17) is 5.73 Å². The summed E-state index contributed by atoms with van der Waals surface area (Å²) in [6.45, 7) is 4.66. The number of amides is 2. The van der Waals surface area contributed by atoms with Crippen molar-refractivity contribution in [3.8, 4) is 0 Å². The van der Waals surface area contributed by atoms with E-state index in [1.807, 2.05) is 13.8 Å². The van der Waals surface area contributed by atoms with E-state index in [1.54, 1.807) is 0 Å². The lowest BCUT2D eigenvalue weighted by atomic mass is 10.00. The van der Waals surface area contributed by atoms with Crippen LogP contribution in [0.1, 0.15) is 39.5 Å². The fourth-order valence-corrected chi connectivity index (χ4v) is 2.22. The topological polar surface area (TPSA) is 84.2 Å². The summed E-state index contributed by atoms with van der Waals surface area (Å²) in [6.07, 6.45) is 3.73. The zero-order valence-electron chi connectivity index (χ0n) is 11.4. The minimum atomic E-state index is -0.0165. The molecule has 2 atom stereocenters. The molecular weight excluding hydrogens is 230 g/mol. The predicted octanol–water partition coefficient (Wildman–Crippen LogP) is 0.392. The van der Waals surface area contributed by atoms with Gasteiger partial charge < -0.3 is 16.4 Å². The lowest BCUT2D eigenvalue weighted by Crippen LogP contribution is -2.37. The first-order chi connectivity index (χ1) is 8.50. The molecule has 0 saturated heterocycles. The van der Waals surface area contributed by atoms with Crippen LogP contribution in [-0.4, -0.2) is 30.9 Å². The lowest BCUT2D eigenvalue weighted by molar-refractivity contribution is -0.125. The monoisotopic (exact) mass is 255 g/mol. The molecule has 18 heavy (non-hydrogen) atoms. The standard InChI is InChI=1S/C13H25N3O2/c1-9(2)13(18)16-7-6-15-12(17)8-10-4-3-5-11(10)14/h9-11H,3-8,14H2,1-2H3,(H,15,17)(H,16,18)/t10-,11+/m0/s1. The second-order valence-electron chi connectivity index (χ2n) is 5.35. The summed E-state index contributed by atoms with van der Waals surface area (Å²) < 4.78 is 0. The Labute approximate surface area is 109 Å². The van der Waals surface area contributed by atoms with Crippen molar-refractivity contribution in [3.63, 3.8) is 0 Å². The van der Waals surface area contributed by atoms with Crippen molar-refractivity contribution in [1.29, 1.82) is 0 Å². The van der Waals surface area contributed by atoms with Crippen molar-refractivity contribution in [2.45, 2.75) is 45.6 Å². The van der Waals surface area contributed by atoms with Crippen LogP contribution in [0.25, 0.3) is 0 Å². The third-order valence-corrected chi connectivity index (χ3v) is 3.44. The molecule has 4 N–H and O–H groups in total. The van der Waals surface area contributed by atoms with Crippen molar-refractivity contribution in [1.82, 2.24) is 10.6 Å². The molecule has 1 aliphatic carbocycles. The second-order valence-corrected chi connectivity index (χ2v) is 5.35. The molecule has 0 radical (unpaired) electrons.